The number of rotatable bonds is 3. The SMILES string of the molecule is O=C1CNCCCN1CCc1ccccn1. The second kappa shape index (κ2) is 5.61. The molecule has 16 heavy (non-hydrogen) atoms. The Morgan fingerprint density at radius 2 is 2.38 bits per heavy atom. The normalized spacial score (nSPS) is 17.2. The van der Waals surface area contributed by atoms with E-state index in [0.29, 0.717) is 6.54 Å². The third-order valence-electron chi connectivity index (χ3n) is 2.77. The van der Waals surface area contributed by atoms with E-state index in [4.69, 9.17) is 0 Å². The molecular formula is C12H17N3O. The fourth-order valence-electron chi connectivity index (χ4n) is 1.86. The molecule has 1 aromatic heterocycles. The van der Waals surface area contributed by atoms with E-state index in [2.05, 4.69) is 10.3 Å². The van der Waals surface area contributed by atoms with E-state index in [-0.39, 0.29) is 5.91 Å². The van der Waals surface area contributed by atoms with Gasteiger partial charge in [0, 0.05) is 31.4 Å². The van der Waals surface area contributed by atoms with Gasteiger partial charge in [0.15, 0.2) is 0 Å². The first-order valence-electron chi connectivity index (χ1n) is 5.74. The van der Waals surface area contributed by atoms with Crippen molar-refractivity contribution in [2.24, 2.45) is 0 Å². The summed E-state index contributed by atoms with van der Waals surface area (Å²) < 4.78 is 0. The topological polar surface area (TPSA) is 45.2 Å². The molecule has 0 spiro atoms. The van der Waals surface area contributed by atoms with Gasteiger partial charge in [-0.2, -0.15) is 0 Å². The third kappa shape index (κ3) is 3.03. The molecular weight excluding hydrogens is 202 g/mol. The Morgan fingerprint density at radius 3 is 3.19 bits per heavy atom. The quantitative estimate of drug-likeness (QED) is 0.802. The Kier molecular flexibility index (Phi) is 3.88. The van der Waals surface area contributed by atoms with Crippen molar-refractivity contribution >= 4 is 5.91 Å². The first-order chi connectivity index (χ1) is 7.86. The van der Waals surface area contributed by atoms with Crippen LogP contribution < -0.4 is 5.32 Å². The zero-order valence-electron chi connectivity index (χ0n) is 9.35. The molecule has 1 N–H and O–H groups in total. The van der Waals surface area contributed by atoms with E-state index in [1.54, 1.807) is 6.20 Å². The van der Waals surface area contributed by atoms with Crippen molar-refractivity contribution in [3.63, 3.8) is 0 Å². The lowest BCUT2D eigenvalue weighted by atomic mass is 10.2. The minimum Gasteiger partial charge on any atom is -0.341 e. The van der Waals surface area contributed by atoms with Crippen molar-refractivity contribution in [1.82, 2.24) is 15.2 Å². The predicted molar refractivity (Wildman–Crippen MR) is 62.0 cm³/mol. The molecule has 0 unspecified atom stereocenters. The van der Waals surface area contributed by atoms with Gasteiger partial charge in [-0.25, -0.2) is 0 Å². The molecule has 0 aromatic carbocycles. The number of carbonyl (C=O) groups is 1. The molecule has 4 heteroatoms. The first-order valence-corrected chi connectivity index (χ1v) is 5.74. The molecule has 1 aliphatic heterocycles. The van der Waals surface area contributed by atoms with Crippen molar-refractivity contribution < 1.29 is 4.79 Å². The van der Waals surface area contributed by atoms with E-state index >= 15 is 0 Å². The maximum atomic E-state index is 11.7. The van der Waals surface area contributed by atoms with E-state index in [1.165, 1.54) is 0 Å². The van der Waals surface area contributed by atoms with E-state index in [1.807, 2.05) is 23.1 Å². The van der Waals surface area contributed by atoms with Gasteiger partial charge in [0.05, 0.1) is 6.54 Å². The van der Waals surface area contributed by atoms with Crippen LogP contribution in [0, 0.1) is 0 Å². The van der Waals surface area contributed by atoms with Crippen LogP contribution in [0.5, 0.6) is 0 Å². The molecule has 86 valence electrons. The summed E-state index contributed by atoms with van der Waals surface area (Å²) >= 11 is 0. The molecule has 4 nitrogen and oxygen atoms in total. The average Bonchev–Trinajstić information content (AvgIpc) is 2.53. The summed E-state index contributed by atoms with van der Waals surface area (Å²) in [5.74, 6) is 0.202. The molecule has 0 atom stereocenters. The van der Waals surface area contributed by atoms with Gasteiger partial charge in [0.25, 0.3) is 0 Å². The molecule has 0 bridgehead atoms. The lowest BCUT2D eigenvalue weighted by Crippen LogP contribution is -2.36. The zero-order chi connectivity index (χ0) is 11.2. The monoisotopic (exact) mass is 219 g/mol. The number of nitrogens with zero attached hydrogens (tertiary/aromatic N) is 2. The zero-order valence-corrected chi connectivity index (χ0v) is 9.35. The van der Waals surface area contributed by atoms with Gasteiger partial charge in [0.2, 0.25) is 5.91 Å². The van der Waals surface area contributed by atoms with E-state index in [0.717, 1.165) is 38.2 Å². The minimum absolute atomic E-state index is 0.202. The van der Waals surface area contributed by atoms with Crippen LogP contribution in [0.3, 0.4) is 0 Å². The minimum atomic E-state index is 0.202. The van der Waals surface area contributed by atoms with Crippen LogP contribution in [-0.2, 0) is 11.2 Å². The molecule has 1 amide bonds. The van der Waals surface area contributed by atoms with Crippen molar-refractivity contribution in [2.45, 2.75) is 12.8 Å². The smallest absolute Gasteiger partial charge is 0.236 e. The van der Waals surface area contributed by atoms with Crippen molar-refractivity contribution in [2.75, 3.05) is 26.2 Å². The third-order valence-corrected chi connectivity index (χ3v) is 2.77. The van der Waals surface area contributed by atoms with Crippen molar-refractivity contribution in [3.05, 3.63) is 30.1 Å². The van der Waals surface area contributed by atoms with Crippen molar-refractivity contribution in [1.29, 1.82) is 0 Å². The Hall–Kier alpha value is -1.42. The summed E-state index contributed by atoms with van der Waals surface area (Å²) in [6, 6.07) is 5.89. The number of pyridine rings is 1. The Labute approximate surface area is 95.7 Å². The van der Waals surface area contributed by atoms with Gasteiger partial charge in [-0.15, -0.1) is 0 Å². The highest BCUT2D eigenvalue weighted by Gasteiger charge is 2.15. The molecule has 1 saturated heterocycles. The number of hydrogen-bond acceptors (Lipinski definition) is 3. The average molecular weight is 219 g/mol. The summed E-state index contributed by atoms with van der Waals surface area (Å²) in [4.78, 5) is 17.9. The molecule has 2 rings (SSSR count). The van der Waals surface area contributed by atoms with Gasteiger partial charge in [0.1, 0.15) is 0 Å². The number of aromatic nitrogens is 1. The number of amides is 1. The highest BCUT2D eigenvalue weighted by Crippen LogP contribution is 2.01. The summed E-state index contributed by atoms with van der Waals surface area (Å²) in [5.41, 5.74) is 1.05. The van der Waals surface area contributed by atoms with Crippen LogP contribution >= 0.6 is 0 Å². The lowest BCUT2D eigenvalue weighted by molar-refractivity contribution is -0.129. The fourth-order valence-corrected chi connectivity index (χ4v) is 1.86. The number of nitrogens with one attached hydrogen (secondary N) is 1. The largest absolute Gasteiger partial charge is 0.341 e. The summed E-state index contributed by atoms with van der Waals surface area (Å²) in [5, 5.41) is 3.12. The number of carbonyl (C=O) groups excluding carboxylic acids is 1. The second-order valence-corrected chi connectivity index (χ2v) is 3.98. The van der Waals surface area contributed by atoms with Gasteiger partial charge in [-0.05, 0) is 25.1 Å². The number of hydrogen-bond donors (Lipinski definition) is 1. The molecule has 1 fully saturated rings. The Bertz CT molecular complexity index is 339. The molecule has 0 aliphatic carbocycles. The maximum Gasteiger partial charge on any atom is 0.236 e. The van der Waals surface area contributed by atoms with Gasteiger partial charge >= 0.3 is 0 Å². The second-order valence-electron chi connectivity index (χ2n) is 3.98. The maximum absolute atomic E-state index is 11.7. The fraction of sp³-hybridized carbons (Fsp3) is 0.500. The molecule has 1 aromatic rings. The van der Waals surface area contributed by atoms with E-state index < -0.39 is 0 Å². The van der Waals surface area contributed by atoms with Crippen LogP contribution in [-0.4, -0.2) is 42.0 Å². The summed E-state index contributed by atoms with van der Waals surface area (Å²) in [7, 11) is 0. The van der Waals surface area contributed by atoms with Crippen molar-refractivity contribution in [3.8, 4) is 0 Å². The molecule has 0 saturated carbocycles. The summed E-state index contributed by atoms with van der Waals surface area (Å²) in [6.45, 7) is 3.05. The van der Waals surface area contributed by atoms with Gasteiger partial charge in [-0.3, -0.25) is 9.78 Å². The molecule has 1 aliphatic rings. The highest BCUT2D eigenvalue weighted by molar-refractivity contribution is 5.78. The van der Waals surface area contributed by atoms with Gasteiger partial charge < -0.3 is 10.2 Å². The Balaban J connectivity index is 1.86. The first kappa shape index (κ1) is 11.1. The molecule has 0 radical (unpaired) electrons. The summed E-state index contributed by atoms with van der Waals surface area (Å²) in [6.07, 6.45) is 3.67. The predicted octanol–water partition coefficient (Wildman–Crippen LogP) is 0.446. The van der Waals surface area contributed by atoms with Gasteiger partial charge in [-0.1, -0.05) is 6.07 Å². The van der Waals surface area contributed by atoms with Crippen LogP contribution in [0.15, 0.2) is 24.4 Å². The standard InChI is InChI=1S/C12H17N3O/c16-12-10-13-6-3-8-15(12)9-5-11-4-1-2-7-14-11/h1-2,4,7,13H,3,5-6,8-10H2. The van der Waals surface area contributed by atoms with Crippen LogP contribution in [0.1, 0.15) is 12.1 Å². The van der Waals surface area contributed by atoms with Crippen LogP contribution in [0.2, 0.25) is 0 Å². The van der Waals surface area contributed by atoms with Crippen LogP contribution in [0.25, 0.3) is 0 Å². The van der Waals surface area contributed by atoms with Crippen LogP contribution in [0.4, 0.5) is 0 Å². The lowest BCUT2D eigenvalue weighted by Gasteiger charge is -2.19. The molecule has 2 heterocycles. The van der Waals surface area contributed by atoms with E-state index in [9.17, 15) is 4.79 Å². The Morgan fingerprint density at radius 1 is 1.44 bits per heavy atom. The highest BCUT2D eigenvalue weighted by atomic mass is 16.2.